The number of fused-ring (bicyclic) bond motifs is 2. The van der Waals surface area contributed by atoms with Gasteiger partial charge in [-0.15, -0.1) is 0 Å². The Hall–Kier alpha value is -3.00. The van der Waals surface area contributed by atoms with E-state index in [2.05, 4.69) is 15.1 Å². The Morgan fingerprint density at radius 3 is 2.67 bits per heavy atom. The first-order valence-corrected chi connectivity index (χ1v) is 10.3. The summed E-state index contributed by atoms with van der Waals surface area (Å²) in [5, 5.41) is 2.85. The van der Waals surface area contributed by atoms with Gasteiger partial charge in [-0.3, -0.25) is 9.69 Å². The molecule has 0 saturated carbocycles. The summed E-state index contributed by atoms with van der Waals surface area (Å²) in [5.74, 6) is 1.43. The number of benzene rings is 2. The highest BCUT2D eigenvalue weighted by atomic mass is 19.1. The van der Waals surface area contributed by atoms with E-state index in [1.807, 2.05) is 18.2 Å². The number of carbonyl (C=O) groups is 1. The number of piperazine rings is 1. The number of nitrogens with one attached hydrogen (secondary N) is 1. The van der Waals surface area contributed by atoms with Crippen molar-refractivity contribution in [1.29, 1.82) is 0 Å². The highest BCUT2D eigenvalue weighted by Gasteiger charge is 2.25. The molecule has 1 N–H and O–H groups in total. The Bertz CT molecular complexity index is 960. The number of hydrogen-bond donors (Lipinski definition) is 1. The van der Waals surface area contributed by atoms with Crippen LogP contribution in [0, 0.1) is 5.82 Å². The van der Waals surface area contributed by atoms with Crippen molar-refractivity contribution >= 4 is 17.3 Å². The highest BCUT2D eigenvalue weighted by molar-refractivity contribution is 5.95. The van der Waals surface area contributed by atoms with E-state index in [0.717, 1.165) is 61.8 Å². The third-order valence-corrected chi connectivity index (χ3v) is 5.69. The van der Waals surface area contributed by atoms with E-state index in [0.29, 0.717) is 24.7 Å². The Kier molecular flexibility index (Phi) is 5.08. The zero-order valence-corrected chi connectivity index (χ0v) is 16.7. The molecule has 0 spiro atoms. The average molecular weight is 413 g/mol. The lowest BCUT2D eigenvalue weighted by Gasteiger charge is -2.37. The van der Waals surface area contributed by atoms with Crippen LogP contribution in [0.3, 0.4) is 0 Å². The predicted octanol–water partition coefficient (Wildman–Crippen LogP) is 2.29. The zero-order chi connectivity index (χ0) is 20.5. The largest absolute Gasteiger partial charge is 0.486 e. The van der Waals surface area contributed by atoms with E-state index in [4.69, 9.17) is 14.2 Å². The number of nitrogens with zero attached hydrogens (tertiary/aromatic N) is 2. The second kappa shape index (κ2) is 8.02. The van der Waals surface area contributed by atoms with Gasteiger partial charge in [0.2, 0.25) is 0 Å². The van der Waals surface area contributed by atoms with E-state index in [1.54, 1.807) is 0 Å². The van der Waals surface area contributed by atoms with Crippen molar-refractivity contribution in [1.82, 2.24) is 4.90 Å². The Morgan fingerprint density at radius 2 is 1.80 bits per heavy atom. The van der Waals surface area contributed by atoms with Crippen molar-refractivity contribution in [2.24, 2.45) is 0 Å². The molecule has 7 nitrogen and oxygen atoms in total. The molecule has 1 fully saturated rings. The molecule has 30 heavy (non-hydrogen) atoms. The Labute approximate surface area is 174 Å². The minimum absolute atomic E-state index is 0.0717. The van der Waals surface area contributed by atoms with Crippen LogP contribution in [-0.4, -0.2) is 63.4 Å². The van der Waals surface area contributed by atoms with Crippen LogP contribution in [-0.2, 0) is 11.2 Å². The molecular weight excluding hydrogens is 389 g/mol. The number of ether oxygens (including phenoxy) is 3. The van der Waals surface area contributed by atoms with E-state index in [1.165, 1.54) is 12.1 Å². The molecule has 3 aliphatic rings. The summed E-state index contributed by atoms with van der Waals surface area (Å²) < 4.78 is 30.8. The van der Waals surface area contributed by atoms with Gasteiger partial charge in [-0.1, -0.05) is 6.07 Å². The highest BCUT2D eigenvalue weighted by Crippen LogP contribution is 2.41. The summed E-state index contributed by atoms with van der Waals surface area (Å²) in [6, 6.07) is 8.87. The molecule has 0 radical (unpaired) electrons. The van der Waals surface area contributed by atoms with Gasteiger partial charge in [0.1, 0.15) is 24.8 Å². The minimum atomic E-state index is -0.305. The molecular formula is C22H24FN3O4. The fraction of sp³-hybridized carbons (Fsp3) is 0.409. The van der Waals surface area contributed by atoms with Crippen LogP contribution in [0.15, 0.2) is 30.3 Å². The van der Waals surface area contributed by atoms with Crippen LogP contribution in [0.25, 0.3) is 0 Å². The molecule has 0 aliphatic carbocycles. The first kappa shape index (κ1) is 19.0. The van der Waals surface area contributed by atoms with E-state index >= 15 is 0 Å². The number of anilines is 2. The lowest BCUT2D eigenvalue weighted by molar-refractivity contribution is -0.118. The molecule has 1 saturated heterocycles. The van der Waals surface area contributed by atoms with Gasteiger partial charge < -0.3 is 24.4 Å². The van der Waals surface area contributed by atoms with Gasteiger partial charge in [-0.25, -0.2) is 4.39 Å². The number of carbonyl (C=O) groups excluding carboxylic acids is 1. The first-order valence-electron chi connectivity index (χ1n) is 10.3. The molecule has 3 aliphatic heterocycles. The molecule has 1 amide bonds. The van der Waals surface area contributed by atoms with Gasteiger partial charge in [0.25, 0.3) is 5.91 Å². The fourth-order valence-electron chi connectivity index (χ4n) is 4.12. The zero-order valence-electron chi connectivity index (χ0n) is 16.7. The maximum absolute atomic E-state index is 14.0. The summed E-state index contributed by atoms with van der Waals surface area (Å²) in [6.07, 6.45) is 0.884. The average Bonchev–Trinajstić information content (AvgIpc) is 2.77. The third-order valence-electron chi connectivity index (χ3n) is 5.69. The van der Waals surface area contributed by atoms with Crippen molar-refractivity contribution in [2.75, 3.05) is 62.8 Å². The van der Waals surface area contributed by atoms with Gasteiger partial charge in [-0.05, 0) is 24.1 Å². The molecule has 0 atom stereocenters. The molecule has 3 heterocycles. The van der Waals surface area contributed by atoms with E-state index in [-0.39, 0.29) is 18.3 Å². The monoisotopic (exact) mass is 413 g/mol. The van der Waals surface area contributed by atoms with Crippen molar-refractivity contribution in [3.8, 4) is 17.2 Å². The quantitative estimate of drug-likeness (QED) is 0.830. The predicted molar refractivity (Wildman–Crippen MR) is 110 cm³/mol. The van der Waals surface area contributed by atoms with Crippen molar-refractivity contribution in [3.63, 3.8) is 0 Å². The second-order valence-corrected chi connectivity index (χ2v) is 7.70. The maximum atomic E-state index is 14.0. The lowest BCUT2D eigenvalue weighted by atomic mass is 10.1. The number of amides is 1. The Morgan fingerprint density at radius 1 is 0.967 bits per heavy atom. The van der Waals surface area contributed by atoms with Crippen LogP contribution < -0.4 is 24.4 Å². The minimum Gasteiger partial charge on any atom is -0.486 e. The summed E-state index contributed by atoms with van der Waals surface area (Å²) in [4.78, 5) is 16.1. The van der Waals surface area contributed by atoms with Crippen LogP contribution in [0.1, 0.15) is 5.56 Å². The van der Waals surface area contributed by atoms with Crippen LogP contribution in [0.4, 0.5) is 15.8 Å². The number of hydrogen-bond acceptors (Lipinski definition) is 6. The van der Waals surface area contributed by atoms with Crippen LogP contribution in [0.5, 0.6) is 17.2 Å². The van der Waals surface area contributed by atoms with Crippen molar-refractivity contribution in [3.05, 3.63) is 41.7 Å². The maximum Gasteiger partial charge on any atom is 0.262 e. The van der Waals surface area contributed by atoms with Crippen molar-refractivity contribution < 1.29 is 23.4 Å². The molecule has 2 aromatic carbocycles. The molecule has 0 unspecified atom stereocenters. The normalized spacial score (nSPS) is 18.4. The van der Waals surface area contributed by atoms with E-state index < -0.39 is 0 Å². The summed E-state index contributed by atoms with van der Waals surface area (Å²) in [6.45, 7) is 5.29. The van der Waals surface area contributed by atoms with E-state index in [9.17, 15) is 9.18 Å². The lowest BCUT2D eigenvalue weighted by Crippen LogP contribution is -2.47. The van der Waals surface area contributed by atoms with Gasteiger partial charge in [0.05, 0.1) is 11.4 Å². The number of halogens is 1. The Balaban J connectivity index is 1.19. The summed E-state index contributed by atoms with van der Waals surface area (Å²) in [5.41, 5.74) is 2.67. The van der Waals surface area contributed by atoms with Crippen LogP contribution >= 0.6 is 0 Å². The second-order valence-electron chi connectivity index (χ2n) is 7.70. The molecule has 0 bridgehead atoms. The smallest absolute Gasteiger partial charge is 0.262 e. The molecule has 158 valence electrons. The van der Waals surface area contributed by atoms with Crippen molar-refractivity contribution in [2.45, 2.75) is 6.42 Å². The summed E-state index contributed by atoms with van der Waals surface area (Å²) >= 11 is 0. The summed E-state index contributed by atoms with van der Waals surface area (Å²) in [7, 11) is 0. The number of rotatable bonds is 4. The molecule has 5 rings (SSSR count). The van der Waals surface area contributed by atoms with Gasteiger partial charge in [0.15, 0.2) is 18.1 Å². The first-order chi connectivity index (χ1) is 14.7. The SMILES string of the molecule is O=C1COc2ccc(CCN3CCN(c4cc(F)cc5c4OCCO5)CC3)cc2N1. The molecule has 2 aromatic rings. The van der Waals surface area contributed by atoms with Gasteiger partial charge in [-0.2, -0.15) is 0 Å². The standard InChI is InChI=1S/C22H24FN3O4/c23-16-12-18(22-20(13-16)28-9-10-29-22)26-7-5-25(6-8-26)4-3-15-1-2-19-17(11-15)24-21(27)14-30-19/h1-2,11-13H,3-10,14H2,(H,24,27). The third kappa shape index (κ3) is 3.87. The topological polar surface area (TPSA) is 63.3 Å². The fourth-order valence-corrected chi connectivity index (χ4v) is 4.12. The van der Waals surface area contributed by atoms with Gasteiger partial charge >= 0.3 is 0 Å². The molecule has 0 aromatic heterocycles. The molecule has 8 heteroatoms. The van der Waals surface area contributed by atoms with Gasteiger partial charge in [0, 0.05) is 44.9 Å². The van der Waals surface area contributed by atoms with Crippen LogP contribution in [0.2, 0.25) is 0 Å².